The first-order chi connectivity index (χ1) is 33.6. The molecule has 0 bridgehead atoms. The van der Waals surface area contributed by atoms with Crippen molar-refractivity contribution in [2.75, 3.05) is 46.2 Å². The maximum Gasteiger partial charge on any atom is 0.343 e. The fourth-order valence-electron chi connectivity index (χ4n) is 7.09. The molecular formula is C54H68O15. The first-order valence-corrected chi connectivity index (χ1v) is 24.2. The molecule has 0 spiro atoms. The summed E-state index contributed by atoms with van der Waals surface area (Å²) >= 11 is 0. The van der Waals surface area contributed by atoms with Gasteiger partial charge in [0.05, 0.1) is 62.8 Å². The molecule has 1 unspecified atom stereocenters. The molecule has 1 saturated heterocycles. The minimum Gasteiger partial charge on any atom is -0.494 e. The van der Waals surface area contributed by atoms with Crippen LogP contribution in [0.15, 0.2) is 92.0 Å². The van der Waals surface area contributed by atoms with E-state index in [1.54, 1.807) is 48.5 Å². The molecule has 1 aliphatic heterocycles. The van der Waals surface area contributed by atoms with Crippen LogP contribution in [0.4, 0.5) is 0 Å². The molecule has 2 atom stereocenters. The van der Waals surface area contributed by atoms with Gasteiger partial charge >= 0.3 is 35.8 Å². The smallest absolute Gasteiger partial charge is 0.343 e. The molecule has 0 amide bonds. The monoisotopic (exact) mass is 956 g/mol. The van der Waals surface area contributed by atoms with Crippen molar-refractivity contribution in [2.24, 2.45) is 5.92 Å². The van der Waals surface area contributed by atoms with E-state index in [-0.39, 0.29) is 52.8 Å². The van der Waals surface area contributed by atoms with Gasteiger partial charge in [0.25, 0.3) is 0 Å². The zero-order valence-electron chi connectivity index (χ0n) is 40.0. The molecular weight excluding hydrogens is 889 g/mol. The summed E-state index contributed by atoms with van der Waals surface area (Å²) < 4.78 is 49.6. The van der Waals surface area contributed by atoms with Crippen LogP contribution in [0.1, 0.15) is 141 Å². The Bertz CT molecular complexity index is 2070. The van der Waals surface area contributed by atoms with Gasteiger partial charge < -0.3 is 42.6 Å². The van der Waals surface area contributed by atoms with Gasteiger partial charge in [0, 0.05) is 18.8 Å². The molecule has 15 heteroatoms. The van der Waals surface area contributed by atoms with Gasteiger partial charge in [-0.1, -0.05) is 38.8 Å². The average Bonchev–Trinajstić information content (AvgIpc) is 3.92. The summed E-state index contributed by atoms with van der Waals surface area (Å²) in [6.45, 7) is 11.4. The highest BCUT2D eigenvalue weighted by atomic mass is 16.6. The fraction of sp³-hybridized carbons (Fsp3) is 0.481. The Morgan fingerprint density at radius 3 is 1.45 bits per heavy atom. The molecule has 1 heterocycles. The Morgan fingerprint density at radius 1 is 0.536 bits per heavy atom. The van der Waals surface area contributed by atoms with E-state index in [1.807, 2.05) is 6.92 Å². The second-order valence-corrected chi connectivity index (χ2v) is 16.5. The lowest BCUT2D eigenvalue weighted by molar-refractivity contribution is -0.152. The quantitative estimate of drug-likeness (QED) is 0.0181. The van der Waals surface area contributed by atoms with Crippen molar-refractivity contribution in [1.29, 1.82) is 0 Å². The second-order valence-electron chi connectivity index (χ2n) is 16.5. The summed E-state index contributed by atoms with van der Waals surface area (Å²) in [5.74, 6) is -2.38. The van der Waals surface area contributed by atoms with Gasteiger partial charge in [-0.15, -0.1) is 0 Å². The van der Waals surface area contributed by atoms with E-state index in [0.717, 1.165) is 108 Å². The molecule has 69 heavy (non-hydrogen) atoms. The Balaban J connectivity index is 1.26. The molecule has 3 aromatic carbocycles. The minimum atomic E-state index is -0.756. The Hall–Kier alpha value is -6.48. The predicted molar refractivity (Wildman–Crippen MR) is 257 cm³/mol. The molecule has 0 radical (unpaired) electrons. The molecule has 1 aliphatic rings. The summed E-state index contributed by atoms with van der Waals surface area (Å²) in [5.41, 5.74) is 0.364. The van der Waals surface area contributed by atoms with Gasteiger partial charge in [-0.05, 0) is 151 Å². The van der Waals surface area contributed by atoms with E-state index < -0.39 is 29.8 Å². The molecule has 0 aromatic heterocycles. The third kappa shape index (κ3) is 21.6. The Morgan fingerprint density at radius 2 is 0.971 bits per heavy atom. The maximum atomic E-state index is 13.5. The van der Waals surface area contributed by atoms with Crippen molar-refractivity contribution in [2.45, 2.75) is 116 Å². The molecule has 4 rings (SSSR count). The van der Waals surface area contributed by atoms with E-state index in [9.17, 15) is 28.8 Å². The molecule has 0 saturated carbocycles. The summed E-state index contributed by atoms with van der Waals surface area (Å²) in [7, 11) is 0. The SMILES string of the molecule is C=CC(=O)OCCCCCCOc1ccc(C(=O)Oc2ccc(OC(=O)c3ccc(OCCCCCCOC(=O)C=C)cc3)c(C(=O)OCCCCCCCCOC(=O)[C@@H](C)C3CCCO3)c2)cc1. The largest absolute Gasteiger partial charge is 0.494 e. The van der Waals surface area contributed by atoms with Gasteiger partial charge in [-0.3, -0.25) is 4.79 Å². The standard InChI is InChI=1S/C54H68O15/c1-4-49(55)64-34-16-12-10-14-32-61-43-26-22-41(23-27-43)52(58)68-45-30-31-48(69-53(59)42-24-28-44(29-25-42)62-33-15-11-13-17-35-65-50(56)5-2)46(39-45)54(60)67-37-19-9-7-6-8-18-36-66-51(57)40(3)47-21-20-38-63-47/h4-5,22-31,39-40,47H,1-2,6-21,32-38H2,3H3/t40-,47?/m0/s1. The molecule has 3 aromatic rings. The number of carbonyl (C=O) groups excluding carboxylic acids is 6. The van der Waals surface area contributed by atoms with Gasteiger partial charge in [-0.25, -0.2) is 24.0 Å². The first-order valence-electron chi connectivity index (χ1n) is 24.2. The first kappa shape index (κ1) is 55.1. The number of hydrogen-bond donors (Lipinski definition) is 0. The molecule has 1 fully saturated rings. The van der Waals surface area contributed by atoms with E-state index >= 15 is 0 Å². The van der Waals surface area contributed by atoms with Crippen molar-refractivity contribution in [3.8, 4) is 23.0 Å². The Kier molecular flexibility index (Phi) is 25.8. The van der Waals surface area contributed by atoms with Gasteiger partial charge in [-0.2, -0.15) is 0 Å². The van der Waals surface area contributed by atoms with Crippen LogP contribution in [-0.2, 0) is 38.1 Å². The number of carbonyl (C=O) groups is 6. The van der Waals surface area contributed by atoms with Crippen LogP contribution in [0.5, 0.6) is 23.0 Å². The second kappa shape index (κ2) is 32.3. The van der Waals surface area contributed by atoms with Gasteiger partial charge in [0.15, 0.2) is 0 Å². The fourth-order valence-corrected chi connectivity index (χ4v) is 7.09. The summed E-state index contributed by atoms with van der Waals surface area (Å²) in [6, 6.07) is 17.0. The lowest BCUT2D eigenvalue weighted by Crippen LogP contribution is -2.27. The third-order valence-electron chi connectivity index (χ3n) is 11.1. The van der Waals surface area contributed by atoms with Crippen LogP contribution < -0.4 is 18.9 Å². The van der Waals surface area contributed by atoms with Crippen molar-refractivity contribution < 1.29 is 71.4 Å². The van der Waals surface area contributed by atoms with Crippen molar-refractivity contribution >= 4 is 35.8 Å². The van der Waals surface area contributed by atoms with Gasteiger partial charge in [0.2, 0.25) is 0 Å². The zero-order valence-corrected chi connectivity index (χ0v) is 40.0. The predicted octanol–water partition coefficient (Wildman–Crippen LogP) is 10.3. The van der Waals surface area contributed by atoms with Crippen LogP contribution in [0.2, 0.25) is 0 Å². The molecule has 0 aliphatic carbocycles. The number of unbranched alkanes of at least 4 members (excludes halogenated alkanes) is 11. The molecule has 0 N–H and O–H groups in total. The number of hydrogen-bond acceptors (Lipinski definition) is 15. The van der Waals surface area contributed by atoms with Gasteiger partial charge in [0.1, 0.15) is 28.6 Å². The van der Waals surface area contributed by atoms with Crippen molar-refractivity contribution in [3.05, 3.63) is 109 Å². The zero-order chi connectivity index (χ0) is 49.5. The van der Waals surface area contributed by atoms with Crippen LogP contribution in [0.25, 0.3) is 0 Å². The van der Waals surface area contributed by atoms with E-state index in [1.165, 1.54) is 18.2 Å². The highest BCUT2D eigenvalue weighted by Crippen LogP contribution is 2.28. The van der Waals surface area contributed by atoms with E-state index in [0.29, 0.717) is 57.6 Å². The van der Waals surface area contributed by atoms with Crippen LogP contribution in [-0.4, -0.2) is 88.2 Å². The lowest BCUT2D eigenvalue weighted by atomic mass is 10.0. The highest BCUT2D eigenvalue weighted by molar-refractivity contribution is 5.97. The van der Waals surface area contributed by atoms with Crippen molar-refractivity contribution in [3.63, 3.8) is 0 Å². The summed E-state index contributed by atoms with van der Waals surface area (Å²) in [6.07, 6.45) is 15.6. The van der Waals surface area contributed by atoms with E-state index in [2.05, 4.69) is 13.2 Å². The minimum absolute atomic E-state index is 0.0379. The maximum absolute atomic E-state index is 13.5. The van der Waals surface area contributed by atoms with Crippen LogP contribution >= 0.6 is 0 Å². The molecule has 374 valence electrons. The molecule has 15 nitrogen and oxygen atoms in total. The lowest BCUT2D eigenvalue weighted by Gasteiger charge is -2.17. The third-order valence-corrected chi connectivity index (χ3v) is 11.1. The number of benzene rings is 3. The number of esters is 6. The number of rotatable bonds is 34. The normalized spacial score (nSPS) is 13.3. The average molecular weight is 957 g/mol. The highest BCUT2D eigenvalue weighted by Gasteiger charge is 2.29. The van der Waals surface area contributed by atoms with Crippen LogP contribution in [0.3, 0.4) is 0 Å². The summed E-state index contributed by atoms with van der Waals surface area (Å²) in [5, 5.41) is 0. The number of ether oxygens (including phenoxy) is 9. The summed E-state index contributed by atoms with van der Waals surface area (Å²) in [4.78, 5) is 74.7. The van der Waals surface area contributed by atoms with E-state index in [4.69, 9.17) is 42.6 Å². The van der Waals surface area contributed by atoms with Crippen LogP contribution in [0, 0.1) is 5.92 Å². The van der Waals surface area contributed by atoms with Crippen molar-refractivity contribution in [1.82, 2.24) is 0 Å². The topological polar surface area (TPSA) is 185 Å². The Labute approximate surface area is 405 Å².